The van der Waals surface area contributed by atoms with Crippen molar-refractivity contribution >= 4 is 21.4 Å². The zero-order chi connectivity index (χ0) is 29.2. The number of nitrogens with one attached hydrogen (secondary N) is 1. The van der Waals surface area contributed by atoms with E-state index in [1.165, 1.54) is 12.1 Å². The summed E-state index contributed by atoms with van der Waals surface area (Å²) in [5.74, 6) is -0.211. The highest BCUT2D eigenvalue weighted by Gasteiger charge is 2.51. The van der Waals surface area contributed by atoms with E-state index in [9.17, 15) is 31.1 Å². The average molecular weight is 593 g/mol. The molecule has 2 aromatic carbocycles. The van der Waals surface area contributed by atoms with E-state index in [0.717, 1.165) is 29.7 Å². The van der Waals surface area contributed by atoms with Crippen molar-refractivity contribution in [2.24, 2.45) is 0 Å². The molecule has 1 aliphatic carbocycles. The molecular weight excluding hydrogens is 560 g/mol. The minimum atomic E-state index is -5.61. The van der Waals surface area contributed by atoms with Crippen molar-refractivity contribution in [1.82, 2.24) is 9.29 Å². The summed E-state index contributed by atoms with van der Waals surface area (Å²) in [5, 5.41) is 12.3. The molecule has 3 aromatic rings. The summed E-state index contributed by atoms with van der Waals surface area (Å²) in [6, 6.07) is 14.4. The number of benzene rings is 2. The number of pyridine rings is 1. The van der Waals surface area contributed by atoms with Crippen LogP contribution in [0.5, 0.6) is 0 Å². The van der Waals surface area contributed by atoms with Gasteiger partial charge in [-0.15, -0.1) is 0 Å². The quantitative estimate of drug-likeness (QED) is 0.316. The van der Waals surface area contributed by atoms with E-state index in [2.05, 4.69) is 10.3 Å². The number of nitrogens with zero attached hydrogens (tertiary/aromatic N) is 3. The van der Waals surface area contributed by atoms with Gasteiger partial charge >= 0.3 is 15.5 Å². The lowest BCUT2D eigenvalue weighted by Gasteiger charge is -2.34. The van der Waals surface area contributed by atoms with Crippen LogP contribution in [0.2, 0.25) is 0 Å². The first kappa shape index (κ1) is 29.3. The lowest BCUT2D eigenvalue weighted by atomic mass is 9.99. The van der Waals surface area contributed by atoms with Gasteiger partial charge in [-0.25, -0.2) is 12.8 Å². The summed E-state index contributed by atoms with van der Waals surface area (Å²) in [7, 11) is -5.61. The Morgan fingerprint density at radius 3 is 2.51 bits per heavy atom. The number of aryl methyl sites for hydroxylation is 1. The Morgan fingerprint density at radius 1 is 1.07 bits per heavy atom. The van der Waals surface area contributed by atoms with E-state index in [1.807, 2.05) is 29.2 Å². The molecule has 2 aliphatic rings. The van der Waals surface area contributed by atoms with Crippen LogP contribution in [0.15, 0.2) is 60.8 Å². The standard InChI is InChI=1S/C29H32F4N4O3S/c30-22-9-4-20(5-10-22)6-11-25-18-36(41(39,40)29(31,32)33)19-27-26(21-7-8-21)2-1-3-28(27)37(25)17-24-16-23(12-13-34-24)35-14-15-38/h1-5,9-10,12-13,16,21,25,38H,6-8,11,14-15,17-19H2,(H,34,35)/t25-/m1/s1. The van der Waals surface area contributed by atoms with Gasteiger partial charge < -0.3 is 15.3 Å². The van der Waals surface area contributed by atoms with Gasteiger partial charge in [-0.2, -0.15) is 17.5 Å². The SMILES string of the molecule is O=S(=O)(N1Cc2c(C3CC3)cccc2N(Cc2cc(NCCO)ccn2)[C@H](CCc2ccc(F)cc2)C1)C(F)(F)F. The Kier molecular flexibility index (Phi) is 8.53. The third kappa shape index (κ3) is 6.65. The predicted octanol–water partition coefficient (Wildman–Crippen LogP) is 5.18. The first-order valence-corrected chi connectivity index (χ1v) is 15.0. The van der Waals surface area contributed by atoms with Gasteiger partial charge in [0, 0.05) is 43.2 Å². The fraction of sp³-hybridized carbons (Fsp3) is 0.414. The summed E-state index contributed by atoms with van der Waals surface area (Å²) < 4.78 is 81.4. The Morgan fingerprint density at radius 2 is 1.83 bits per heavy atom. The van der Waals surface area contributed by atoms with E-state index in [4.69, 9.17) is 0 Å². The number of aliphatic hydroxyl groups is 1. The minimum absolute atomic E-state index is 0.0595. The second-order valence-corrected chi connectivity index (χ2v) is 12.4. The number of aliphatic hydroxyl groups excluding tert-OH is 1. The summed E-state index contributed by atoms with van der Waals surface area (Å²) >= 11 is 0. The van der Waals surface area contributed by atoms with Crippen molar-refractivity contribution in [1.29, 1.82) is 0 Å². The van der Waals surface area contributed by atoms with Crippen LogP contribution in [0.4, 0.5) is 28.9 Å². The molecule has 7 nitrogen and oxygen atoms in total. The van der Waals surface area contributed by atoms with Crippen LogP contribution in [0.3, 0.4) is 0 Å². The normalized spacial score (nSPS) is 18.2. The van der Waals surface area contributed by atoms with Gasteiger partial charge in [0.2, 0.25) is 0 Å². The van der Waals surface area contributed by atoms with Crippen molar-refractivity contribution in [3.8, 4) is 0 Å². The number of sulfonamides is 1. The van der Waals surface area contributed by atoms with Gasteiger partial charge in [-0.05, 0) is 78.6 Å². The number of halogens is 4. The zero-order valence-corrected chi connectivity index (χ0v) is 23.1. The van der Waals surface area contributed by atoms with Gasteiger partial charge in [-0.1, -0.05) is 24.3 Å². The fourth-order valence-corrected chi connectivity index (χ4v) is 6.37. The average Bonchev–Trinajstić information content (AvgIpc) is 3.79. The van der Waals surface area contributed by atoms with E-state index in [0.29, 0.717) is 40.6 Å². The molecule has 1 aromatic heterocycles. The van der Waals surface area contributed by atoms with Gasteiger partial charge in [0.15, 0.2) is 0 Å². The maximum atomic E-state index is 13.9. The van der Waals surface area contributed by atoms with Crippen molar-refractivity contribution in [3.05, 3.63) is 89.0 Å². The van der Waals surface area contributed by atoms with Crippen molar-refractivity contribution in [2.45, 2.75) is 56.2 Å². The Balaban J connectivity index is 1.57. The number of anilines is 2. The van der Waals surface area contributed by atoms with E-state index >= 15 is 0 Å². The molecule has 0 saturated heterocycles. The second-order valence-electron chi connectivity index (χ2n) is 10.5. The number of aromatic nitrogens is 1. The predicted molar refractivity (Wildman–Crippen MR) is 148 cm³/mol. The molecule has 0 spiro atoms. The largest absolute Gasteiger partial charge is 0.511 e. The van der Waals surface area contributed by atoms with Crippen LogP contribution < -0.4 is 10.2 Å². The summed E-state index contributed by atoms with van der Waals surface area (Å²) in [6.07, 6.45) is 4.14. The van der Waals surface area contributed by atoms with E-state index in [1.54, 1.807) is 24.4 Å². The maximum Gasteiger partial charge on any atom is 0.511 e. The molecule has 5 rings (SSSR count). The van der Waals surface area contributed by atoms with Crippen LogP contribution in [0.1, 0.15) is 47.6 Å². The van der Waals surface area contributed by atoms with E-state index < -0.39 is 27.4 Å². The summed E-state index contributed by atoms with van der Waals surface area (Å²) in [4.78, 5) is 6.45. The fourth-order valence-electron chi connectivity index (χ4n) is 5.41. The monoisotopic (exact) mass is 592 g/mol. The Labute approximate surface area is 236 Å². The van der Waals surface area contributed by atoms with Crippen LogP contribution in [-0.4, -0.2) is 54.1 Å². The second kappa shape index (κ2) is 11.9. The first-order chi connectivity index (χ1) is 19.6. The zero-order valence-electron chi connectivity index (χ0n) is 22.3. The number of hydrogen-bond donors (Lipinski definition) is 2. The van der Waals surface area contributed by atoms with Crippen LogP contribution in [0, 0.1) is 5.82 Å². The lowest BCUT2D eigenvalue weighted by molar-refractivity contribution is -0.0492. The number of hydrogen-bond acceptors (Lipinski definition) is 6. The minimum Gasteiger partial charge on any atom is -0.395 e. The number of fused-ring (bicyclic) bond motifs is 1. The first-order valence-electron chi connectivity index (χ1n) is 13.6. The van der Waals surface area contributed by atoms with Crippen molar-refractivity contribution in [2.75, 3.05) is 29.9 Å². The van der Waals surface area contributed by atoms with Crippen LogP contribution >= 0.6 is 0 Å². The Bertz CT molecular complexity index is 1460. The smallest absolute Gasteiger partial charge is 0.395 e. The molecular formula is C29H32F4N4O3S. The van der Waals surface area contributed by atoms with Gasteiger partial charge in [-0.3, -0.25) is 4.98 Å². The number of alkyl halides is 3. The molecule has 1 aliphatic heterocycles. The molecule has 1 saturated carbocycles. The van der Waals surface area contributed by atoms with Gasteiger partial charge in [0.05, 0.1) is 18.8 Å². The maximum absolute atomic E-state index is 13.9. The molecule has 1 atom stereocenters. The molecule has 0 unspecified atom stereocenters. The number of rotatable bonds is 10. The highest BCUT2D eigenvalue weighted by atomic mass is 32.2. The topological polar surface area (TPSA) is 85.8 Å². The van der Waals surface area contributed by atoms with Crippen LogP contribution in [0.25, 0.3) is 0 Å². The van der Waals surface area contributed by atoms with Crippen molar-refractivity contribution < 1.29 is 31.1 Å². The molecule has 2 N–H and O–H groups in total. The van der Waals surface area contributed by atoms with Gasteiger partial charge in [0.1, 0.15) is 5.82 Å². The molecule has 41 heavy (non-hydrogen) atoms. The Hall–Kier alpha value is -3.22. The van der Waals surface area contributed by atoms with Gasteiger partial charge in [0.25, 0.3) is 0 Å². The molecule has 0 radical (unpaired) electrons. The van der Waals surface area contributed by atoms with Crippen molar-refractivity contribution in [3.63, 3.8) is 0 Å². The highest BCUT2D eigenvalue weighted by molar-refractivity contribution is 7.89. The molecule has 220 valence electrons. The molecule has 12 heteroatoms. The summed E-state index contributed by atoms with van der Waals surface area (Å²) in [6.45, 7) is -0.242. The van der Waals surface area contributed by atoms with E-state index in [-0.39, 0.29) is 32.2 Å². The lowest BCUT2D eigenvalue weighted by Crippen LogP contribution is -2.47. The third-order valence-electron chi connectivity index (χ3n) is 7.61. The summed E-state index contributed by atoms with van der Waals surface area (Å²) in [5.41, 5.74) is -1.13. The molecule has 0 bridgehead atoms. The van der Waals surface area contributed by atoms with Crippen LogP contribution in [-0.2, 0) is 29.5 Å². The molecule has 2 heterocycles. The molecule has 1 fully saturated rings. The highest BCUT2D eigenvalue weighted by Crippen LogP contribution is 2.46. The third-order valence-corrected chi connectivity index (χ3v) is 9.15. The molecule has 0 amide bonds.